The summed E-state index contributed by atoms with van der Waals surface area (Å²) in [6.07, 6.45) is 1.38. The number of rotatable bonds is 2. The third-order valence-corrected chi connectivity index (χ3v) is 3.34. The van der Waals surface area contributed by atoms with Gasteiger partial charge in [-0.1, -0.05) is 17.7 Å². The summed E-state index contributed by atoms with van der Waals surface area (Å²) in [5.41, 5.74) is 8.80. The molecule has 102 valence electrons. The summed E-state index contributed by atoms with van der Waals surface area (Å²) in [5.74, 6) is 0.305. The molecule has 0 aliphatic rings. The van der Waals surface area contributed by atoms with Crippen molar-refractivity contribution in [3.8, 4) is 5.69 Å². The molecule has 0 bridgehead atoms. The highest BCUT2D eigenvalue weighted by Gasteiger charge is 2.17. The van der Waals surface area contributed by atoms with Crippen LogP contribution in [-0.4, -0.2) is 19.1 Å². The molecule has 2 N–H and O–H groups in total. The van der Waals surface area contributed by atoms with Crippen LogP contribution in [0, 0.1) is 6.92 Å². The van der Waals surface area contributed by atoms with Crippen LogP contribution < -0.4 is 11.4 Å². The summed E-state index contributed by atoms with van der Waals surface area (Å²) < 4.78 is 3.15. The molecule has 0 radical (unpaired) electrons. The van der Waals surface area contributed by atoms with Crippen molar-refractivity contribution in [2.45, 2.75) is 20.4 Å². The summed E-state index contributed by atoms with van der Waals surface area (Å²) in [5, 5.41) is 0. The number of hydrogen-bond donors (Lipinski definition) is 1. The standard InChI is InChI=1S/C14H15N5O/c1-3-18-13-11(12(15)16-8-17-13)19(14(18)20)10-6-4-9(2)5-7-10/h4-8H,3H2,1-2H3,(H2,15,16,17). The van der Waals surface area contributed by atoms with Gasteiger partial charge in [0, 0.05) is 6.54 Å². The lowest BCUT2D eigenvalue weighted by Gasteiger charge is -2.04. The van der Waals surface area contributed by atoms with E-state index < -0.39 is 0 Å². The zero-order chi connectivity index (χ0) is 14.3. The zero-order valence-electron chi connectivity index (χ0n) is 11.4. The van der Waals surface area contributed by atoms with E-state index in [2.05, 4.69) is 9.97 Å². The average molecular weight is 269 g/mol. The number of nitrogen functional groups attached to an aromatic ring is 1. The Morgan fingerprint density at radius 2 is 1.90 bits per heavy atom. The molecule has 0 unspecified atom stereocenters. The number of imidazole rings is 1. The lowest BCUT2D eigenvalue weighted by atomic mass is 10.2. The van der Waals surface area contributed by atoms with Gasteiger partial charge < -0.3 is 5.73 Å². The van der Waals surface area contributed by atoms with Crippen LogP contribution in [-0.2, 0) is 6.54 Å². The van der Waals surface area contributed by atoms with E-state index in [0.29, 0.717) is 23.5 Å². The Morgan fingerprint density at radius 3 is 2.55 bits per heavy atom. The third-order valence-electron chi connectivity index (χ3n) is 3.34. The molecule has 0 atom stereocenters. The van der Waals surface area contributed by atoms with Gasteiger partial charge in [0.15, 0.2) is 11.5 Å². The van der Waals surface area contributed by atoms with Crippen molar-refractivity contribution in [2.24, 2.45) is 0 Å². The number of anilines is 1. The van der Waals surface area contributed by atoms with E-state index in [-0.39, 0.29) is 5.69 Å². The molecule has 0 saturated heterocycles. The zero-order valence-corrected chi connectivity index (χ0v) is 11.4. The van der Waals surface area contributed by atoms with Crippen molar-refractivity contribution >= 4 is 17.0 Å². The number of nitrogens with two attached hydrogens (primary N) is 1. The van der Waals surface area contributed by atoms with Crippen molar-refractivity contribution < 1.29 is 0 Å². The highest BCUT2D eigenvalue weighted by Crippen LogP contribution is 2.20. The maximum Gasteiger partial charge on any atom is 0.335 e. The first kappa shape index (κ1) is 12.4. The average Bonchev–Trinajstić information content (AvgIpc) is 2.73. The second-order valence-corrected chi connectivity index (χ2v) is 4.63. The Labute approximate surface area is 115 Å². The fourth-order valence-electron chi connectivity index (χ4n) is 2.32. The molecule has 0 aliphatic heterocycles. The second kappa shape index (κ2) is 4.48. The third kappa shape index (κ3) is 1.69. The van der Waals surface area contributed by atoms with Gasteiger partial charge in [-0.05, 0) is 26.0 Å². The molecule has 0 fully saturated rings. The van der Waals surface area contributed by atoms with E-state index in [1.807, 2.05) is 38.1 Å². The van der Waals surface area contributed by atoms with Crippen LogP contribution in [0.4, 0.5) is 5.82 Å². The van der Waals surface area contributed by atoms with Gasteiger partial charge in [0.05, 0.1) is 5.69 Å². The van der Waals surface area contributed by atoms with E-state index >= 15 is 0 Å². The van der Waals surface area contributed by atoms with Gasteiger partial charge in [0.25, 0.3) is 0 Å². The Bertz CT molecular complexity index is 829. The number of fused-ring (bicyclic) bond motifs is 1. The van der Waals surface area contributed by atoms with Crippen molar-refractivity contribution in [1.29, 1.82) is 0 Å². The number of hydrogen-bond acceptors (Lipinski definition) is 4. The van der Waals surface area contributed by atoms with Crippen molar-refractivity contribution in [2.75, 3.05) is 5.73 Å². The smallest absolute Gasteiger partial charge is 0.335 e. The first-order valence-electron chi connectivity index (χ1n) is 6.42. The Hall–Kier alpha value is -2.63. The number of aryl methyl sites for hydroxylation is 2. The van der Waals surface area contributed by atoms with Crippen LogP contribution in [0.2, 0.25) is 0 Å². The number of benzene rings is 1. The molecule has 3 rings (SSSR count). The molecule has 20 heavy (non-hydrogen) atoms. The van der Waals surface area contributed by atoms with Crippen LogP contribution in [0.5, 0.6) is 0 Å². The Morgan fingerprint density at radius 1 is 1.20 bits per heavy atom. The Balaban J connectivity index is 2.43. The van der Waals surface area contributed by atoms with Gasteiger partial charge in [-0.2, -0.15) is 0 Å². The lowest BCUT2D eigenvalue weighted by molar-refractivity contribution is 0.727. The monoisotopic (exact) mass is 269 g/mol. The second-order valence-electron chi connectivity index (χ2n) is 4.63. The van der Waals surface area contributed by atoms with Gasteiger partial charge >= 0.3 is 5.69 Å². The fourth-order valence-corrected chi connectivity index (χ4v) is 2.32. The fraction of sp³-hybridized carbons (Fsp3) is 0.214. The quantitative estimate of drug-likeness (QED) is 0.764. The maximum atomic E-state index is 12.6. The first-order valence-corrected chi connectivity index (χ1v) is 6.42. The van der Waals surface area contributed by atoms with Crippen molar-refractivity contribution in [1.82, 2.24) is 19.1 Å². The Kier molecular flexibility index (Phi) is 2.78. The molecule has 0 amide bonds. The lowest BCUT2D eigenvalue weighted by Crippen LogP contribution is -2.22. The summed E-state index contributed by atoms with van der Waals surface area (Å²) in [7, 11) is 0. The minimum absolute atomic E-state index is 0.154. The molecule has 0 saturated carbocycles. The van der Waals surface area contributed by atoms with Gasteiger partial charge in [-0.25, -0.2) is 14.8 Å². The van der Waals surface area contributed by atoms with E-state index in [0.717, 1.165) is 11.3 Å². The predicted molar refractivity (Wildman–Crippen MR) is 77.9 cm³/mol. The van der Waals surface area contributed by atoms with Gasteiger partial charge in [0.2, 0.25) is 0 Å². The normalized spacial score (nSPS) is 11.1. The highest BCUT2D eigenvalue weighted by atomic mass is 16.1. The largest absolute Gasteiger partial charge is 0.382 e. The number of aromatic nitrogens is 4. The minimum atomic E-state index is -0.154. The van der Waals surface area contributed by atoms with Crippen molar-refractivity contribution in [3.05, 3.63) is 46.6 Å². The molecule has 2 aromatic heterocycles. The van der Waals surface area contributed by atoms with Gasteiger partial charge in [-0.15, -0.1) is 0 Å². The summed E-state index contributed by atoms with van der Waals surface area (Å²) >= 11 is 0. The van der Waals surface area contributed by atoms with E-state index in [1.54, 1.807) is 9.13 Å². The number of nitrogens with zero attached hydrogens (tertiary/aromatic N) is 4. The topological polar surface area (TPSA) is 78.7 Å². The minimum Gasteiger partial charge on any atom is -0.382 e. The SMILES string of the molecule is CCn1c(=O)n(-c2ccc(C)cc2)c2c(N)ncnc21. The van der Waals surface area contributed by atoms with Crippen LogP contribution >= 0.6 is 0 Å². The maximum absolute atomic E-state index is 12.6. The van der Waals surface area contributed by atoms with Gasteiger partial charge in [-0.3, -0.25) is 9.13 Å². The predicted octanol–water partition coefficient (Wildman–Crippen LogP) is 1.49. The van der Waals surface area contributed by atoms with Crippen LogP contribution in [0.25, 0.3) is 16.9 Å². The molecule has 0 spiro atoms. The van der Waals surface area contributed by atoms with Crippen LogP contribution in [0.1, 0.15) is 12.5 Å². The van der Waals surface area contributed by atoms with E-state index in [1.165, 1.54) is 6.33 Å². The summed E-state index contributed by atoms with van der Waals surface area (Å²) in [6, 6.07) is 7.69. The molecule has 3 aromatic rings. The first-order chi connectivity index (χ1) is 9.63. The molecular weight excluding hydrogens is 254 g/mol. The van der Waals surface area contributed by atoms with E-state index in [4.69, 9.17) is 5.73 Å². The molecule has 2 heterocycles. The van der Waals surface area contributed by atoms with Gasteiger partial charge in [0.1, 0.15) is 11.8 Å². The molecule has 6 heteroatoms. The van der Waals surface area contributed by atoms with Crippen molar-refractivity contribution in [3.63, 3.8) is 0 Å². The van der Waals surface area contributed by atoms with Crippen LogP contribution in [0.15, 0.2) is 35.4 Å². The molecule has 0 aliphatic carbocycles. The van der Waals surface area contributed by atoms with E-state index in [9.17, 15) is 4.79 Å². The molecular formula is C14H15N5O. The van der Waals surface area contributed by atoms with Crippen LogP contribution in [0.3, 0.4) is 0 Å². The molecule has 1 aromatic carbocycles. The summed E-state index contributed by atoms with van der Waals surface area (Å²) in [4.78, 5) is 20.7. The highest BCUT2D eigenvalue weighted by molar-refractivity contribution is 5.83. The summed E-state index contributed by atoms with van der Waals surface area (Å²) in [6.45, 7) is 4.43. The molecule has 6 nitrogen and oxygen atoms in total.